The van der Waals surface area contributed by atoms with Gasteiger partial charge in [0.05, 0.1) is 5.49 Å². The monoisotopic (exact) mass is 204 g/mol. The molecule has 0 unspecified atom stereocenters. The van der Waals surface area contributed by atoms with E-state index in [1.807, 2.05) is 31.2 Å². The van der Waals surface area contributed by atoms with E-state index < -0.39 is 0 Å². The number of hydrogen-bond donors (Lipinski definition) is 1. The molecule has 72 valence electrons. The van der Waals surface area contributed by atoms with Gasteiger partial charge in [0, 0.05) is 17.5 Å². The highest BCUT2D eigenvalue weighted by atomic mass is 32.1. The molecule has 3 heteroatoms. The van der Waals surface area contributed by atoms with Crippen LogP contribution in [0.2, 0.25) is 0 Å². The largest absolute Gasteiger partial charge is 0.352 e. The summed E-state index contributed by atoms with van der Waals surface area (Å²) in [4.78, 5) is 3.68. The average Bonchev–Trinajstić information content (AvgIpc) is 2.18. The van der Waals surface area contributed by atoms with Crippen molar-refractivity contribution in [2.45, 2.75) is 6.92 Å². The van der Waals surface area contributed by atoms with E-state index in [9.17, 15) is 0 Å². The summed E-state index contributed by atoms with van der Waals surface area (Å²) >= 11 is 4.75. The lowest BCUT2D eigenvalue weighted by Gasteiger charge is -2.07. The van der Waals surface area contributed by atoms with Gasteiger partial charge in [0.2, 0.25) is 0 Å². The molecule has 0 aliphatic rings. The van der Waals surface area contributed by atoms with Crippen LogP contribution in [-0.2, 0) is 0 Å². The van der Waals surface area contributed by atoms with E-state index in [1.165, 1.54) is 11.1 Å². The van der Waals surface area contributed by atoms with Gasteiger partial charge in [0.25, 0.3) is 0 Å². The van der Waals surface area contributed by atoms with E-state index in [0.29, 0.717) is 0 Å². The zero-order chi connectivity index (χ0) is 10.4. The van der Waals surface area contributed by atoms with Gasteiger partial charge in [-0.1, -0.05) is 24.4 Å². The van der Waals surface area contributed by atoms with E-state index in [0.717, 1.165) is 11.3 Å². The minimum atomic E-state index is 0.986. The smallest absolute Gasteiger partial charge is 0.0659 e. The molecule has 1 aromatic carbocycles. The highest BCUT2D eigenvalue weighted by Crippen LogP contribution is 2.20. The van der Waals surface area contributed by atoms with Gasteiger partial charge in [0.15, 0.2) is 0 Å². The molecule has 0 aromatic heterocycles. The SMILES string of the molecule is C=N/C=C\c1c(C)cccc1NC=S. The van der Waals surface area contributed by atoms with E-state index in [-0.39, 0.29) is 0 Å². The van der Waals surface area contributed by atoms with Crippen LogP contribution in [0.15, 0.2) is 29.4 Å². The van der Waals surface area contributed by atoms with Crippen LogP contribution in [0, 0.1) is 6.92 Å². The fraction of sp³-hybridized carbons (Fsp3) is 0.0909. The first-order valence-electron chi connectivity index (χ1n) is 4.21. The van der Waals surface area contributed by atoms with Crippen molar-refractivity contribution >= 4 is 36.2 Å². The molecule has 14 heavy (non-hydrogen) atoms. The number of nitrogens with one attached hydrogen (secondary N) is 1. The number of rotatable bonds is 4. The van der Waals surface area contributed by atoms with Crippen molar-refractivity contribution in [1.82, 2.24) is 0 Å². The summed E-state index contributed by atoms with van der Waals surface area (Å²) in [5.74, 6) is 0. The number of thiocarbonyl (C=S) groups is 1. The number of anilines is 1. The first kappa shape index (κ1) is 10.6. The number of aliphatic imine (C=N–C) groups is 1. The van der Waals surface area contributed by atoms with Crippen molar-refractivity contribution in [2.24, 2.45) is 4.99 Å². The third-order valence-electron chi connectivity index (χ3n) is 1.89. The van der Waals surface area contributed by atoms with Crippen LogP contribution in [0.5, 0.6) is 0 Å². The number of benzene rings is 1. The normalized spacial score (nSPS) is 10.1. The highest BCUT2D eigenvalue weighted by molar-refractivity contribution is 7.79. The Morgan fingerprint density at radius 2 is 2.29 bits per heavy atom. The van der Waals surface area contributed by atoms with E-state index in [1.54, 1.807) is 6.20 Å². The molecule has 0 radical (unpaired) electrons. The van der Waals surface area contributed by atoms with Gasteiger partial charge in [0.1, 0.15) is 0 Å². The molecule has 0 saturated carbocycles. The molecular weight excluding hydrogens is 192 g/mol. The number of aryl methyl sites for hydroxylation is 1. The van der Waals surface area contributed by atoms with Gasteiger partial charge in [-0.2, -0.15) is 0 Å². The summed E-state index contributed by atoms with van der Waals surface area (Å²) in [5, 5.41) is 3.00. The Labute approximate surface area is 89.4 Å². The van der Waals surface area contributed by atoms with Crippen LogP contribution in [0.3, 0.4) is 0 Å². The summed E-state index contributed by atoms with van der Waals surface area (Å²) in [5.41, 5.74) is 4.74. The van der Waals surface area contributed by atoms with Crippen molar-refractivity contribution < 1.29 is 0 Å². The first-order valence-corrected chi connectivity index (χ1v) is 4.69. The Morgan fingerprint density at radius 1 is 1.50 bits per heavy atom. The molecule has 1 rings (SSSR count). The van der Waals surface area contributed by atoms with Crippen LogP contribution in [0.4, 0.5) is 5.69 Å². The molecule has 0 aliphatic heterocycles. The molecule has 0 aliphatic carbocycles. The maximum absolute atomic E-state index is 4.75. The molecular formula is C11H12N2S. The molecule has 2 nitrogen and oxygen atoms in total. The van der Waals surface area contributed by atoms with Crippen molar-refractivity contribution in [2.75, 3.05) is 5.32 Å². The fourth-order valence-corrected chi connectivity index (χ4v) is 1.35. The Hall–Kier alpha value is -1.48. The maximum atomic E-state index is 4.75. The van der Waals surface area contributed by atoms with Crippen molar-refractivity contribution in [3.63, 3.8) is 0 Å². The molecule has 0 amide bonds. The predicted octanol–water partition coefficient (Wildman–Crippen LogP) is 3.04. The molecule has 0 saturated heterocycles. The van der Waals surface area contributed by atoms with Gasteiger partial charge < -0.3 is 5.32 Å². The summed E-state index contributed by atoms with van der Waals surface area (Å²) in [6.07, 6.45) is 3.57. The lowest BCUT2D eigenvalue weighted by molar-refractivity contribution is 1.43. The lowest BCUT2D eigenvalue weighted by atomic mass is 10.1. The van der Waals surface area contributed by atoms with Gasteiger partial charge in [-0.3, -0.25) is 4.99 Å². The number of hydrogen-bond acceptors (Lipinski definition) is 2. The van der Waals surface area contributed by atoms with Crippen LogP contribution < -0.4 is 5.32 Å². The zero-order valence-corrected chi connectivity index (χ0v) is 8.84. The Morgan fingerprint density at radius 3 is 2.93 bits per heavy atom. The highest BCUT2D eigenvalue weighted by Gasteiger charge is 1.99. The Kier molecular flexibility index (Phi) is 4.01. The average molecular weight is 204 g/mol. The first-order chi connectivity index (χ1) is 6.79. The maximum Gasteiger partial charge on any atom is 0.0659 e. The zero-order valence-electron chi connectivity index (χ0n) is 8.03. The van der Waals surface area contributed by atoms with Gasteiger partial charge in [-0.25, -0.2) is 0 Å². The topological polar surface area (TPSA) is 24.4 Å². The molecule has 1 aromatic rings. The van der Waals surface area contributed by atoms with Crippen molar-refractivity contribution in [3.8, 4) is 0 Å². The van der Waals surface area contributed by atoms with Crippen molar-refractivity contribution in [1.29, 1.82) is 0 Å². The third-order valence-corrected chi connectivity index (χ3v) is 2.00. The Balaban J connectivity index is 3.14. The summed E-state index contributed by atoms with van der Waals surface area (Å²) in [7, 11) is 0. The van der Waals surface area contributed by atoms with Gasteiger partial charge >= 0.3 is 0 Å². The minimum absolute atomic E-state index is 0.986. The third kappa shape index (κ3) is 2.50. The standard InChI is InChI=1S/C11H12N2S/c1-9-4-3-5-11(13-8-14)10(9)6-7-12-2/h3-8H,2H2,1H3,(H,13,14)/b7-6-. The molecule has 1 N–H and O–H groups in total. The molecule has 0 spiro atoms. The van der Waals surface area contributed by atoms with Crippen LogP contribution in [0.25, 0.3) is 6.08 Å². The second kappa shape index (κ2) is 5.29. The van der Waals surface area contributed by atoms with Gasteiger partial charge in [-0.05, 0) is 31.3 Å². The molecule has 0 atom stereocenters. The minimum Gasteiger partial charge on any atom is -0.352 e. The van der Waals surface area contributed by atoms with E-state index >= 15 is 0 Å². The van der Waals surface area contributed by atoms with Crippen LogP contribution >= 0.6 is 12.2 Å². The quantitative estimate of drug-likeness (QED) is 0.602. The second-order valence-electron chi connectivity index (χ2n) is 2.80. The van der Waals surface area contributed by atoms with E-state index in [4.69, 9.17) is 12.2 Å². The second-order valence-corrected chi connectivity index (χ2v) is 3.03. The predicted molar refractivity (Wildman–Crippen MR) is 67.0 cm³/mol. The summed E-state index contributed by atoms with van der Waals surface area (Å²) in [6.45, 7) is 5.43. The Bertz CT molecular complexity index is 370. The van der Waals surface area contributed by atoms with E-state index in [2.05, 4.69) is 17.0 Å². The fourth-order valence-electron chi connectivity index (χ4n) is 1.22. The molecule has 0 heterocycles. The summed E-state index contributed by atoms with van der Waals surface area (Å²) in [6, 6.07) is 5.99. The molecule has 0 fully saturated rings. The van der Waals surface area contributed by atoms with Crippen molar-refractivity contribution in [3.05, 3.63) is 35.5 Å². The summed E-state index contributed by atoms with van der Waals surface area (Å²) < 4.78 is 0. The van der Waals surface area contributed by atoms with Crippen LogP contribution in [0.1, 0.15) is 11.1 Å². The van der Waals surface area contributed by atoms with Gasteiger partial charge in [-0.15, -0.1) is 0 Å². The molecule has 0 bridgehead atoms. The van der Waals surface area contributed by atoms with Crippen LogP contribution in [-0.4, -0.2) is 12.2 Å². The number of nitrogens with zero attached hydrogens (tertiary/aromatic N) is 1. The lowest BCUT2D eigenvalue weighted by Crippen LogP contribution is -1.96.